The quantitative estimate of drug-likeness (QED) is 0.624. The molecule has 0 amide bonds. The van der Waals surface area contributed by atoms with Crippen LogP contribution in [0.1, 0.15) is 23.3 Å². The van der Waals surface area contributed by atoms with E-state index in [0.29, 0.717) is 24.4 Å². The molecule has 0 N–H and O–H groups in total. The molecule has 0 radical (unpaired) electrons. The van der Waals surface area contributed by atoms with E-state index in [4.69, 9.17) is 9.47 Å². The topological polar surface area (TPSA) is 25.1 Å². The molecule has 16 heavy (non-hydrogen) atoms. The van der Waals surface area contributed by atoms with Gasteiger partial charge in [-0.3, -0.25) is 0 Å². The van der Waals surface area contributed by atoms with Crippen LogP contribution in [0.2, 0.25) is 0 Å². The zero-order chi connectivity index (χ0) is 10.3. The van der Waals surface area contributed by atoms with Crippen LogP contribution in [0.5, 0.6) is 0 Å². The van der Waals surface area contributed by atoms with E-state index < -0.39 is 0 Å². The van der Waals surface area contributed by atoms with Crippen molar-refractivity contribution in [3.63, 3.8) is 0 Å². The molecule has 2 nitrogen and oxygen atoms in total. The van der Waals surface area contributed by atoms with E-state index in [1.807, 2.05) is 0 Å². The van der Waals surface area contributed by atoms with Crippen LogP contribution >= 0.6 is 0 Å². The van der Waals surface area contributed by atoms with Gasteiger partial charge in [-0.1, -0.05) is 36.4 Å². The van der Waals surface area contributed by atoms with Crippen LogP contribution < -0.4 is 0 Å². The third kappa shape index (κ3) is 0.784. The molecule has 2 heterocycles. The maximum atomic E-state index is 5.74. The highest BCUT2D eigenvalue weighted by Gasteiger charge is 2.63. The van der Waals surface area contributed by atoms with E-state index in [1.54, 1.807) is 0 Å². The van der Waals surface area contributed by atoms with Crippen LogP contribution in [0.25, 0.3) is 10.8 Å². The Hall–Kier alpha value is -1.38. The Morgan fingerprint density at radius 1 is 0.812 bits per heavy atom. The lowest BCUT2D eigenvalue weighted by Gasteiger charge is -2.11. The molecule has 0 aromatic heterocycles. The van der Waals surface area contributed by atoms with Gasteiger partial charge in [0.2, 0.25) is 0 Å². The van der Waals surface area contributed by atoms with Crippen molar-refractivity contribution in [3.05, 3.63) is 47.5 Å². The lowest BCUT2D eigenvalue weighted by atomic mass is 9.88. The molecule has 0 bridgehead atoms. The van der Waals surface area contributed by atoms with Gasteiger partial charge in [0.25, 0.3) is 0 Å². The molecule has 0 spiro atoms. The van der Waals surface area contributed by atoms with Crippen molar-refractivity contribution in [1.82, 2.24) is 0 Å². The lowest BCUT2D eigenvalue weighted by molar-refractivity contribution is 0.304. The number of hydrogen-bond donors (Lipinski definition) is 0. The van der Waals surface area contributed by atoms with Gasteiger partial charge in [0.05, 0.1) is 0 Å². The van der Waals surface area contributed by atoms with Crippen LogP contribution in [-0.2, 0) is 9.47 Å². The fourth-order valence-corrected chi connectivity index (χ4v) is 3.11. The van der Waals surface area contributed by atoms with Crippen molar-refractivity contribution in [2.24, 2.45) is 0 Å². The summed E-state index contributed by atoms with van der Waals surface area (Å²) in [5, 5.41) is 2.64. The number of ether oxygens (including phenoxy) is 2. The highest BCUT2D eigenvalue weighted by atomic mass is 16.7. The van der Waals surface area contributed by atoms with Crippen molar-refractivity contribution in [3.8, 4) is 0 Å². The Morgan fingerprint density at radius 2 is 1.62 bits per heavy atom. The van der Waals surface area contributed by atoms with Crippen LogP contribution in [0, 0.1) is 0 Å². The molecule has 2 heteroatoms. The molecule has 2 fully saturated rings. The summed E-state index contributed by atoms with van der Waals surface area (Å²) in [7, 11) is 0. The molecule has 0 saturated carbocycles. The summed E-state index contributed by atoms with van der Waals surface area (Å²) in [6.07, 6.45) is 1.29. The number of epoxide rings is 2. The van der Waals surface area contributed by atoms with E-state index in [9.17, 15) is 0 Å². The average Bonchev–Trinajstić information content (AvgIpc) is 3.18. The Balaban J connectivity index is 1.91. The normalized spacial score (nSPS) is 37.5. The molecular weight excluding hydrogens is 200 g/mol. The first kappa shape index (κ1) is 7.82. The van der Waals surface area contributed by atoms with Gasteiger partial charge >= 0.3 is 0 Å². The zero-order valence-electron chi connectivity index (χ0n) is 8.59. The fraction of sp³-hybridized carbons (Fsp3) is 0.286. The molecule has 2 aromatic carbocycles. The van der Waals surface area contributed by atoms with Gasteiger partial charge in [-0.05, 0) is 21.9 Å². The first-order chi connectivity index (χ1) is 7.93. The van der Waals surface area contributed by atoms with Crippen molar-refractivity contribution in [2.45, 2.75) is 24.4 Å². The van der Waals surface area contributed by atoms with Crippen LogP contribution in [-0.4, -0.2) is 12.2 Å². The van der Waals surface area contributed by atoms with Gasteiger partial charge < -0.3 is 9.47 Å². The molecule has 2 aliphatic heterocycles. The van der Waals surface area contributed by atoms with Gasteiger partial charge in [-0.2, -0.15) is 0 Å². The number of rotatable bonds is 0. The van der Waals surface area contributed by atoms with E-state index >= 15 is 0 Å². The van der Waals surface area contributed by atoms with Gasteiger partial charge in [-0.25, -0.2) is 0 Å². The van der Waals surface area contributed by atoms with Crippen molar-refractivity contribution in [2.75, 3.05) is 0 Å². The van der Waals surface area contributed by atoms with Crippen LogP contribution in [0.15, 0.2) is 36.4 Å². The van der Waals surface area contributed by atoms with E-state index in [2.05, 4.69) is 36.4 Å². The molecule has 78 valence electrons. The highest BCUT2D eigenvalue weighted by molar-refractivity contribution is 5.88. The summed E-state index contributed by atoms with van der Waals surface area (Å²) in [4.78, 5) is 0. The highest BCUT2D eigenvalue weighted by Crippen LogP contribution is 2.61. The smallest absolute Gasteiger partial charge is 0.118 e. The summed E-state index contributed by atoms with van der Waals surface area (Å²) in [5.74, 6) is 0. The maximum Gasteiger partial charge on any atom is 0.118 e. The Bertz CT molecular complexity index is 619. The van der Waals surface area contributed by atoms with Crippen LogP contribution in [0.4, 0.5) is 0 Å². The minimum absolute atomic E-state index is 0.296. The minimum Gasteiger partial charge on any atom is -0.362 e. The van der Waals surface area contributed by atoms with Gasteiger partial charge in [0, 0.05) is 0 Å². The summed E-state index contributed by atoms with van der Waals surface area (Å²) < 4.78 is 11.4. The molecule has 4 unspecified atom stereocenters. The van der Waals surface area contributed by atoms with E-state index in [-0.39, 0.29) is 0 Å². The summed E-state index contributed by atoms with van der Waals surface area (Å²) in [6.45, 7) is 0. The van der Waals surface area contributed by atoms with Crippen molar-refractivity contribution in [1.29, 1.82) is 0 Å². The Kier molecular flexibility index (Phi) is 1.13. The van der Waals surface area contributed by atoms with Gasteiger partial charge in [0.15, 0.2) is 0 Å². The monoisotopic (exact) mass is 210 g/mol. The molecule has 4 atom stereocenters. The van der Waals surface area contributed by atoms with E-state index in [1.165, 1.54) is 21.9 Å². The van der Waals surface area contributed by atoms with Crippen molar-refractivity contribution >= 4 is 10.8 Å². The molecular formula is C14H10O2. The predicted molar refractivity (Wildman–Crippen MR) is 59.2 cm³/mol. The van der Waals surface area contributed by atoms with E-state index in [0.717, 1.165) is 0 Å². The predicted octanol–water partition coefficient (Wildman–Crippen LogP) is 2.73. The number of hydrogen-bond acceptors (Lipinski definition) is 2. The molecule has 2 aromatic rings. The number of benzene rings is 2. The molecule has 2 saturated heterocycles. The Labute approximate surface area is 92.8 Å². The summed E-state index contributed by atoms with van der Waals surface area (Å²) in [6, 6.07) is 12.9. The second-order valence-electron chi connectivity index (χ2n) is 4.83. The molecule has 5 rings (SSSR count). The van der Waals surface area contributed by atoms with Crippen molar-refractivity contribution < 1.29 is 9.47 Å². The first-order valence-electron chi connectivity index (χ1n) is 5.76. The molecule has 1 aliphatic carbocycles. The lowest BCUT2D eigenvalue weighted by Crippen LogP contribution is -2.08. The summed E-state index contributed by atoms with van der Waals surface area (Å²) in [5.41, 5.74) is 2.73. The summed E-state index contributed by atoms with van der Waals surface area (Å²) >= 11 is 0. The third-order valence-corrected chi connectivity index (χ3v) is 3.97. The van der Waals surface area contributed by atoms with Gasteiger partial charge in [-0.15, -0.1) is 0 Å². The maximum absolute atomic E-state index is 5.74. The standard InChI is InChI=1S/C14H10O2/c1-2-4-8-7(3-1)5-6-9-10(8)12-14(16-12)13-11(9)15-13/h1-6,11-14H. The first-order valence-corrected chi connectivity index (χ1v) is 5.76. The molecule has 3 aliphatic rings. The average molecular weight is 210 g/mol. The zero-order valence-corrected chi connectivity index (χ0v) is 8.59. The second-order valence-corrected chi connectivity index (χ2v) is 4.83. The number of fused-ring (bicyclic) bond motifs is 8. The Morgan fingerprint density at radius 3 is 2.62 bits per heavy atom. The minimum atomic E-state index is 0.296. The SMILES string of the molecule is c1ccc2c3c(ccc2c1)C1OC1C1OC31. The second kappa shape index (κ2) is 2.31. The third-order valence-electron chi connectivity index (χ3n) is 3.97. The largest absolute Gasteiger partial charge is 0.362 e. The van der Waals surface area contributed by atoms with Crippen LogP contribution in [0.3, 0.4) is 0 Å². The fourth-order valence-electron chi connectivity index (χ4n) is 3.11. The van der Waals surface area contributed by atoms with Gasteiger partial charge in [0.1, 0.15) is 24.4 Å².